The molecule has 9 heteroatoms. The number of fused-ring (bicyclic) bond motifs is 1. The lowest BCUT2D eigenvalue weighted by atomic mass is 9.97. The van der Waals surface area contributed by atoms with Gasteiger partial charge in [0.2, 0.25) is 6.29 Å². The van der Waals surface area contributed by atoms with E-state index in [1.54, 1.807) is 6.92 Å². The number of ether oxygens (including phenoxy) is 5. The van der Waals surface area contributed by atoms with Gasteiger partial charge in [-0.25, -0.2) is 4.79 Å². The minimum absolute atomic E-state index is 0.0920. The van der Waals surface area contributed by atoms with Crippen molar-refractivity contribution in [3.05, 3.63) is 22.3 Å². The molecule has 3 N–H and O–H groups in total. The first-order valence-electron chi connectivity index (χ1n) is 8.54. The van der Waals surface area contributed by atoms with Gasteiger partial charge >= 0.3 is 5.97 Å². The van der Waals surface area contributed by atoms with Gasteiger partial charge in [-0.3, -0.25) is 0 Å². The number of benzene rings is 1. The lowest BCUT2D eigenvalue weighted by molar-refractivity contribution is -0.282. The van der Waals surface area contributed by atoms with Gasteiger partial charge in [0.15, 0.2) is 0 Å². The van der Waals surface area contributed by atoms with Crippen molar-refractivity contribution in [1.29, 1.82) is 0 Å². The molecule has 0 unspecified atom stereocenters. The van der Waals surface area contributed by atoms with E-state index in [4.69, 9.17) is 23.7 Å². The first-order chi connectivity index (χ1) is 12.8. The highest BCUT2D eigenvalue weighted by atomic mass is 16.7. The van der Waals surface area contributed by atoms with E-state index in [0.717, 1.165) is 5.56 Å². The van der Waals surface area contributed by atoms with Crippen molar-refractivity contribution in [2.24, 2.45) is 0 Å². The highest BCUT2D eigenvalue weighted by molar-refractivity contribution is 5.98. The van der Waals surface area contributed by atoms with Crippen LogP contribution in [0.2, 0.25) is 0 Å². The second kappa shape index (κ2) is 7.61. The molecule has 9 nitrogen and oxygen atoms in total. The van der Waals surface area contributed by atoms with Gasteiger partial charge in [-0.2, -0.15) is 0 Å². The Morgan fingerprint density at radius 2 is 1.81 bits per heavy atom. The third-order valence-corrected chi connectivity index (χ3v) is 5.09. The van der Waals surface area contributed by atoms with Gasteiger partial charge in [-0.1, -0.05) is 0 Å². The van der Waals surface area contributed by atoms with Crippen molar-refractivity contribution in [3.8, 4) is 11.5 Å². The van der Waals surface area contributed by atoms with Crippen molar-refractivity contribution in [2.75, 3.05) is 20.8 Å². The molecule has 27 heavy (non-hydrogen) atoms. The van der Waals surface area contributed by atoms with E-state index >= 15 is 0 Å². The quantitative estimate of drug-likeness (QED) is 0.593. The van der Waals surface area contributed by atoms with Crippen molar-refractivity contribution in [3.63, 3.8) is 0 Å². The molecule has 1 aromatic carbocycles. The summed E-state index contributed by atoms with van der Waals surface area (Å²) in [5, 5.41) is 30.2. The average molecular weight is 384 g/mol. The number of carbonyl (C=O) groups excluding carboxylic acids is 1. The average Bonchev–Trinajstić information content (AvgIpc) is 3.04. The summed E-state index contributed by atoms with van der Waals surface area (Å²) < 4.78 is 27.1. The number of methoxy groups -OCH3 is 2. The largest absolute Gasteiger partial charge is 0.496 e. The van der Waals surface area contributed by atoms with Crippen LogP contribution >= 0.6 is 0 Å². The highest BCUT2D eigenvalue weighted by Crippen LogP contribution is 2.42. The summed E-state index contributed by atoms with van der Waals surface area (Å²) in [5.41, 5.74) is 2.18. The van der Waals surface area contributed by atoms with Gasteiger partial charge < -0.3 is 39.0 Å². The van der Waals surface area contributed by atoms with Gasteiger partial charge in [-0.15, -0.1) is 0 Å². The van der Waals surface area contributed by atoms with Crippen LogP contribution in [0.15, 0.2) is 0 Å². The van der Waals surface area contributed by atoms with Gasteiger partial charge in [0.1, 0.15) is 48.1 Å². The molecule has 5 atom stereocenters. The molecule has 0 bridgehead atoms. The standard InChI is InChI=1S/C18H24O9/c1-7-9-6-25-17(22)11(9)15(8(2)14(7)23-3)27-18-13(21)12(20)16(24-4)10(5-19)26-18/h10,12-13,16,18-21H,5-6H2,1-4H3/t10-,12-,13-,16-,18+/m1/s1. The number of hydrogen-bond donors (Lipinski definition) is 3. The molecule has 2 aliphatic heterocycles. The molecule has 150 valence electrons. The third-order valence-electron chi connectivity index (χ3n) is 5.09. The summed E-state index contributed by atoms with van der Waals surface area (Å²) in [4.78, 5) is 12.2. The van der Waals surface area contributed by atoms with Crippen molar-refractivity contribution in [1.82, 2.24) is 0 Å². The number of aliphatic hydroxyl groups is 3. The maximum atomic E-state index is 12.2. The Labute approximate surface area is 156 Å². The van der Waals surface area contributed by atoms with Gasteiger partial charge in [0, 0.05) is 18.2 Å². The van der Waals surface area contributed by atoms with Crippen molar-refractivity contribution in [2.45, 2.75) is 51.2 Å². The second-order valence-electron chi connectivity index (χ2n) is 6.57. The van der Waals surface area contributed by atoms with E-state index < -0.39 is 43.3 Å². The molecular weight excluding hydrogens is 360 g/mol. The predicted octanol–water partition coefficient (Wildman–Crippen LogP) is -0.185. The molecular formula is C18H24O9. The molecule has 0 aromatic heterocycles. The molecule has 0 radical (unpaired) electrons. The summed E-state index contributed by atoms with van der Waals surface area (Å²) in [6.45, 7) is 3.17. The Bertz CT molecular complexity index is 730. The van der Waals surface area contributed by atoms with Crippen LogP contribution < -0.4 is 9.47 Å². The highest BCUT2D eigenvalue weighted by Gasteiger charge is 2.46. The van der Waals surface area contributed by atoms with E-state index in [1.807, 2.05) is 6.92 Å². The van der Waals surface area contributed by atoms with Gasteiger partial charge in [0.05, 0.1) is 13.7 Å². The lowest BCUT2D eigenvalue weighted by Gasteiger charge is -2.41. The fraction of sp³-hybridized carbons (Fsp3) is 0.611. The molecule has 1 saturated heterocycles. The molecule has 1 fully saturated rings. The zero-order valence-electron chi connectivity index (χ0n) is 15.6. The summed E-state index contributed by atoms with van der Waals surface area (Å²) in [7, 11) is 2.84. The van der Waals surface area contributed by atoms with Crippen LogP contribution in [0, 0.1) is 13.8 Å². The number of aliphatic hydroxyl groups excluding tert-OH is 3. The van der Waals surface area contributed by atoms with Crippen LogP contribution in [0.4, 0.5) is 0 Å². The van der Waals surface area contributed by atoms with E-state index in [9.17, 15) is 20.1 Å². The Morgan fingerprint density at radius 1 is 1.11 bits per heavy atom. The first kappa shape index (κ1) is 19.8. The van der Waals surface area contributed by atoms with Crippen molar-refractivity contribution < 1.29 is 43.8 Å². The molecule has 0 saturated carbocycles. The maximum absolute atomic E-state index is 12.2. The second-order valence-corrected chi connectivity index (χ2v) is 6.57. The number of cyclic esters (lactones) is 1. The fourth-order valence-corrected chi connectivity index (χ4v) is 3.65. The van der Waals surface area contributed by atoms with Crippen LogP contribution in [0.5, 0.6) is 11.5 Å². The summed E-state index contributed by atoms with van der Waals surface area (Å²) in [5.74, 6) is 0.133. The van der Waals surface area contributed by atoms with E-state index in [0.29, 0.717) is 16.9 Å². The minimum atomic E-state index is -1.46. The number of rotatable bonds is 5. The topological polar surface area (TPSA) is 124 Å². The monoisotopic (exact) mass is 384 g/mol. The van der Waals surface area contributed by atoms with E-state index in [-0.39, 0.29) is 17.9 Å². The van der Waals surface area contributed by atoms with Crippen LogP contribution in [-0.2, 0) is 20.8 Å². The van der Waals surface area contributed by atoms with Crippen LogP contribution in [-0.4, -0.2) is 72.8 Å². The molecule has 1 aromatic rings. The molecule has 2 heterocycles. The van der Waals surface area contributed by atoms with Crippen molar-refractivity contribution >= 4 is 5.97 Å². The Morgan fingerprint density at radius 3 is 2.41 bits per heavy atom. The normalized spacial score (nSPS) is 30.0. The summed E-state index contributed by atoms with van der Waals surface area (Å²) >= 11 is 0. The van der Waals surface area contributed by atoms with E-state index in [1.165, 1.54) is 14.2 Å². The number of hydrogen-bond acceptors (Lipinski definition) is 9. The van der Waals surface area contributed by atoms with Gasteiger partial charge in [-0.05, 0) is 19.4 Å². The molecule has 3 rings (SSSR count). The zero-order chi connectivity index (χ0) is 19.9. The Kier molecular flexibility index (Phi) is 5.59. The lowest BCUT2D eigenvalue weighted by Crippen LogP contribution is -2.60. The summed E-state index contributed by atoms with van der Waals surface area (Å²) in [6.07, 6.45) is -5.97. The van der Waals surface area contributed by atoms with Crippen LogP contribution in [0.25, 0.3) is 0 Å². The molecule has 2 aliphatic rings. The molecule has 0 aliphatic carbocycles. The van der Waals surface area contributed by atoms with Gasteiger partial charge in [0.25, 0.3) is 0 Å². The number of carbonyl (C=O) groups is 1. The summed E-state index contributed by atoms with van der Waals surface area (Å²) in [6, 6.07) is 0. The third kappa shape index (κ3) is 3.15. The smallest absolute Gasteiger partial charge is 0.342 e. The van der Waals surface area contributed by atoms with Crippen LogP contribution in [0.1, 0.15) is 27.0 Å². The minimum Gasteiger partial charge on any atom is -0.496 e. The maximum Gasteiger partial charge on any atom is 0.342 e. The fourth-order valence-electron chi connectivity index (χ4n) is 3.65. The van der Waals surface area contributed by atoms with E-state index in [2.05, 4.69) is 0 Å². The first-order valence-corrected chi connectivity index (χ1v) is 8.54. The Balaban J connectivity index is 2.01. The number of esters is 1. The van der Waals surface area contributed by atoms with Crippen LogP contribution in [0.3, 0.4) is 0 Å². The zero-order valence-corrected chi connectivity index (χ0v) is 15.6. The predicted molar refractivity (Wildman–Crippen MR) is 90.8 cm³/mol. The molecule has 0 spiro atoms. The SMILES string of the molecule is COc1c(C)c2c(c(O[C@@H]3O[C@H](CO)[C@@H](OC)[C@H](O)[C@H]3O)c1C)C(=O)OC2. The Hall–Kier alpha value is -1.91. The molecule has 0 amide bonds.